The molecular weight excluding hydrogens is 174 g/mol. The van der Waals surface area contributed by atoms with Gasteiger partial charge in [-0.2, -0.15) is 0 Å². The van der Waals surface area contributed by atoms with E-state index >= 15 is 0 Å². The number of halogens is 3. The van der Waals surface area contributed by atoms with Crippen molar-refractivity contribution in [3.63, 3.8) is 0 Å². The number of carbonyl (C=O) groups excluding carboxylic acids is 1. The summed E-state index contributed by atoms with van der Waals surface area (Å²) in [5.74, 6) is -1.73. The first-order valence-electron chi connectivity index (χ1n) is 2.75. The Morgan fingerprint density at radius 3 is 2.45 bits per heavy atom. The largest absolute Gasteiger partial charge is 0.298 e. The zero-order chi connectivity index (χ0) is 8.43. The van der Waals surface area contributed by atoms with Crippen molar-refractivity contribution in [1.29, 1.82) is 0 Å². The van der Waals surface area contributed by atoms with E-state index in [-0.39, 0.29) is 16.9 Å². The van der Waals surface area contributed by atoms with Crippen molar-refractivity contribution in [2.75, 3.05) is 0 Å². The maximum atomic E-state index is 12.6. The van der Waals surface area contributed by atoms with Crippen molar-refractivity contribution in [2.24, 2.45) is 0 Å². The summed E-state index contributed by atoms with van der Waals surface area (Å²) in [6, 6.07) is 1.49. The van der Waals surface area contributed by atoms with Gasteiger partial charge in [-0.3, -0.25) is 4.79 Å². The Labute approximate surface area is 66.6 Å². The third-order valence-corrected chi connectivity index (χ3v) is 1.47. The van der Waals surface area contributed by atoms with Gasteiger partial charge >= 0.3 is 0 Å². The molecule has 1 rings (SSSR count). The highest BCUT2D eigenvalue weighted by atomic mass is 35.5. The van der Waals surface area contributed by atoms with Crippen LogP contribution in [0.1, 0.15) is 10.4 Å². The first-order chi connectivity index (χ1) is 5.15. The predicted molar refractivity (Wildman–Crippen MR) is 36.8 cm³/mol. The average Bonchev–Trinajstić information content (AvgIpc) is 1.85. The first kappa shape index (κ1) is 8.14. The average molecular weight is 177 g/mol. The van der Waals surface area contributed by atoms with Gasteiger partial charge in [0.2, 0.25) is 0 Å². The van der Waals surface area contributed by atoms with Crippen LogP contribution in [-0.4, -0.2) is 6.29 Å². The van der Waals surface area contributed by atoms with E-state index < -0.39 is 11.6 Å². The van der Waals surface area contributed by atoms with Crippen LogP contribution in [0.5, 0.6) is 0 Å². The standard InChI is InChI=1S/C7H3ClF2O/c8-6-1-4(9)2-7(10)5(6)3-11/h1-3H. The molecule has 0 fully saturated rings. The molecule has 0 radical (unpaired) electrons. The molecule has 0 bridgehead atoms. The Bertz CT molecular complexity index is 275. The maximum Gasteiger partial charge on any atom is 0.154 e. The smallest absolute Gasteiger partial charge is 0.154 e. The summed E-state index contributed by atoms with van der Waals surface area (Å²) in [6.45, 7) is 0. The third kappa shape index (κ3) is 1.54. The van der Waals surface area contributed by atoms with Crippen molar-refractivity contribution in [2.45, 2.75) is 0 Å². The van der Waals surface area contributed by atoms with Gasteiger partial charge in [0, 0.05) is 6.07 Å². The van der Waals surface area contributed by atoms with E-state index in [0.29, 0.717) is 6.07 Å². The van der Waals surface area contributed by atoms with Crippen LogP contribution in [0.15, 0.2) is 12.1 Å². The summed E-state index contributed by atoms with van der Waals surface area (Å²) in [6.07, 6.45) is 0.247. The van der Waals surface area contributed by atoms with Gasteiger partial charge in [-0.05, 0) is 6.07 Å². The lowest BCUT2D eigenvalue weighted by Crippen LogP contribution is -1.90. The maximum absolute atomic E-state index is 12.6. The zero-order valence-electron chi connectivity index (χ0n) is 5.27. The number of hydrogen-bond acceptors (Lipinski definition) is 1. The lowest BCUT2D eigenvalue weighted by atomic mass is 10.2. The molecule has 1 aromatic rings. The van der Waals surface area contributed by atoms with Gasteiger partial charge in [0.1, 0.15) is 11.6 Å². The van der Waals surface area contributed by atoms with Crippen LogP contribution >= 0.6 is 11.6 Å². The Balaban J connectivity index is 3.36. The Morgan fingerprint density at radius 2 is 2.00 bits per heavy atom. The third-order valence-electron chi connectivity index (χ3n) is 1.16. The molecule has 0 heterocycles. The monoisotopic (exact) mass is 176 g/mol. The SMILES string of the molecule is O=Cc1c(F)cc(F)cc1Cl. The van der Waals surface area contributed by atoms with E-state index in [1.165, 1.54) is 0 Å². The van der Waals surface area contributed by atoms with Gasteiger partial charge in [0.05, 0.1) is 10.6 Å². The highest BCUT2D eigenvalue weighted by Crippen LogP contribution is 2.18. The molecule has 0 unspecified atom stereocenters. The van der Waals surface area contributed by atoms with Crippen LogP contribution in [0.25, 0.3) is 0 Å². The van der Waals surface area contributed by atoms with Gasteiger partial charge in [-0.1, -0.05) is 11.6 Å². The van der Waals surface area contributed by atoms with E-state index in [1.807, 2.05) is 0 Å². The topological polar surface area (TPSA) is 17.1 Å². The zero-order valence-corrected chi connectivity index (χ0v) is 6.03. The molecule has 0 amide bonds. The van der Waals surface area contributed by atoms with Crippen molar-refractivity contribution in [3.05, 3.63) is 34.4 Å². The van der Waals surface area contributed by atoms with Crippen molar-refractivity contribution in [3.8, 4) is 0 Å². The van der Waals surface area contributed by atoms with Crippen LogP contribution in [0.2, 0.25) is 5.02 Å². The molecule has 0 saturated heterocycles. The second kappa shape index (κ2) is 2.96. The lowest BCUT2D eigenvalue weighted by molar-refractivity contribution is 0.112. The molecular formula is C7H3ClF2O. The van der Waals surface area contributed by atoms with Crippen LogP contribution in [0, 0.1) is 11.6 Å². The number of carbonyl (C=O) groups is 1. The van der Waals surface area contributed by atoms with Crippen LogP contribution in [-0.2, 0) is 0 Å². The quantitative estimate of drug-likeness (QED) is 0.601. The minimum Gasteiger partial charge on any atom is -0.298 e. The molecule has 11 heavy (non-hydrogen) atoms. The molecule has 1 aromatic carbocycles. The minimum atomic E-state index is -0.940. The van der Waals surface area contributed by atoms with Gasteiger partial charge in [-0.15, -0.1) is 0 Å². The van der Waals surface area contributed by atoms with Crippen LogP contribution in [0.4, 0.5) is 8.78 Å². The summed E-state index contributed by atoms with van der Waals surface area (Å²) >= 11 is 5.32. The summed E-state index contributed by atoms with van der Waals surface area (Å²) in [5, 5.41) is -0.211. The summed E-state index contributed by atoms with van der Waals surface area (Å²) < 4.78 is 24.9. The normalized spacial score (nSPS) is 9.73. The van der Waals surface area contributed by atoms with Crippen molar-refractivity contribution >= 4 is 17.9 Å². The molecule has 0 atom stereocenters. The molecule has 1 nitrogen and oxygen atoms in total. The Morgan fingerprint density at radius 1 is 1.36 bits per heavy atom. The molecule has 0 aliphatic rings. The number of aldehydes is 1. The van der Waals surface area contributed by atoms with Crippen LogP contribution in [0.3, 0.4) is 0 Å². The van der Waals surface area contributed by atoms with E-state index in [9.17, 15) is 13.6 Å². The van der Waals surface area contributed by atoms with Gasteiger partial charge < -0.3 is 0 Å². The lowest BCUT2D eigenvalue weighted by Gasteiger charge is -1.96. The Hall–Kier alpha value is -0.960. The molecule has 0 aliphatic heterocycles. The van der Waals surface area contributed by atoms with Crippen molar-refractivity contribution in [1.82, 2.24) is 0 Å². The van der Waals surface area contributed by atoms with E-state index in [0.717, 1.165) is 6.07 Å². The second-order valence-corrected chi connectivity index (χ2v) is 2.31. The highest BCUT2D eigenvalue weighted by molar-refractivity contribution is 6.32. The molecule has 0 saturated carbocycles. The highest BCUT2D eigenvalue weighted by Gasteiger charge is 2.07. The van der Waals surface area contributed by atoms with Gasteiger partial charge in [-0.25, -0.2) is 8.78 Å². The van der Waals surface area contributed by atoms with Gasteiger partial charge in [0.15, 0.2) is 6.29 Å². The molecule has 0 aliphatic carbocycles. The first-order valence-corrected chi connectivity index (χ1v) is 3.12. The Kier molecular flexibility index (Phi) is 2.19. The molecule has 58 valence electrons. The fraction of sp³-hybridized carbons (Fsp3) is 0. The molecule has 0 aromatic heterocycles. The molecule has 4 heteroatoms. The fourth-order valence-corrected chi connectivity index (χ4v) is 0.905. The number of hydrogen-bond donors (Lipinski definition) is 0. The van der Waals surface area contributed by atoms with Crippen molar-refractivity contribution < 1.29 is 13.6 Å². The summed E-state index contributed by atoms with van der Waals surface area (Å²) in [7, 11) is 0. The van der Waals surface area contributed by atoms with Gasteiger partial charge in [0.25, 0.3) is 0 Å². The minimum absolute atomic E-state index is 0.211. The van der Waals surface area contributed by atoms with Crippen LogP contribution < -0.4 is 0 Å². The summed E-state index contributed by atoms with van der Waals surface area (Å²) in [4.78, 5) is 10.1. The fourth-order valence-electron chi connectivity index (χ4n) is 0.666. The molecule has 0 spiro atoms. The van der Waals surface area contributed by atoms with E-state index in [1.54, 1.807) is 0 Å². The van der Waals surface area contributed by atoms with E-state index in [4.69, 9.17) is 11.6 Å². The van der Waals surface area contributed by atoms with E-state index in [2.05, 4.69) is 0 Å². The molecule has 0 N–H and O–H groups in total. The summed E-state index contributed by atoms with van der Waals surface area (Å²) in [5.41, 5.74) is -0.312. The number of benzene rings is 1. The predicted octanol–water partition coefficient (Wildman–Crippen LogP) is 2.43. The number of rotatable bonds is 1. The second-order valence-electron chi connectivity index (χ2n) is 1.90.